The predicted octanol–water partition coefficient (Wildman–Crippen LogP) is 0.722. The van der Waals surface area contributed by atoms with Gasteiger partial charge >= 0.3 is 0 Å². The topological polar surface area (TPSA) is 33.7 Å². The molecule has 0 spiro atoms. The van der Waals surface area contributed by atoms with Crippen molar-refractivity contribution in [2.75, 3.05) is 46.4 Å². The minimum Gasteiger partial charge on any atom is -0.375 e. The normalized spacial score (nSPS) is 23.6. The van der Waals surface area contributed by atoms with E-state index in [1.807, 2.05) is 0 Å². The Morgan fingerprint density at radius 2 is 2.19 bits per heavy atom. The SMILES string of the molecule is CN1CCOC(CNCCOC(C)(C)C)C1. The molecule has 1 aliphatic heterocycles. The van der Waals surface area contributed by atoms with E-state index in [0.29, 0.717) is 6.10 Å². The molecule has 0 amide bonds. The zero-order chi connectivity index (χ0) is 12.0. The first-order valence-corrected chi connectivity index (χ1v) is 6.12. The predicted molar refractivity (Wildman–Crippen MR) is 65.8 cm³/mol. The Balaban J connectivity index is 1.98. The monoisotopic (exact) mass is 230 g/mol. The molecule has 1 fully saturated rings. The molecule has 1 N–H and O–H groups in total. The summed E-state index contributed by atoms with van der Waals surface area (Å²) in [5.41, 5.74) is -0.0385. The quantitative estimate of drug-likeness (QED) is 0.706. The highest BCUT2D eigenvalue weighted by Gasteiger charge is 2.16. The summed E-state index contributed by atoms with van der Waals surface area (Å²) < 4.78 is 11.3. The second-order valence-corrected chi connectivity index (χ2v) is 5.42. The van der Waals surface area contributed by atoms with Crippen LogP contribution < -0.4 is 5.32 Å². The summed E-state index contributed by atoms with van der Waals surface area (Å²) in [5.74, 6) is 0. The number of likely N-dealkylation sites (N-methyl/N-ethyl adjacent to an activating group) is 1. The molecular formula is C12H26N2O2. The van der Waals surface area contributed by atoms with Crippen molar-refractivity contribution in [1.29, 1.82) is 0 Å². The molecule has 0 radical (unpaired) electrons. The van der Waals surface area contributed by atoms with Crippen LogP contribution >= 0.6 is 0 Å². The molecule has 0 aliphatic carbocycles. The minimum atomic E-state index is -0.0385. The van der Waals surface area contributed by atoms with E-state index in [0.717, 1.165) is 39.4 Å². The molecule has 1 aliphatic rings. The van der Waals surface area contributed by atoms with Gasteiger partial charge in [-0.15, -0.1) is 0 Å². The van der Waals surface area contributed by atoms with Gasteiger partial charge in [0, 0.05) is 26.2 Å². The zero-order valence-electron chi connectivity index (χ0n) is 11.1. The highest BCUT2D eigenvalue weighted by atomic mass is 16.5. The molecule has 0 saturated carbocycles. The number of rotatable bonds is 5. The lowest BCUT2D eigenvalue weighted by molar-refractivity contribution is -0.0230. The van der Waals surface area contributed by atoms with E-state index in [-0.39, 0.29) is 5.60 Å². The van der Waals surface area contributed by atoms with Crippen LogP contribution in [0, 0.1) is 0 Å². The van der Waals surface area contributed by atoms with Crippen molar-refractivity contribution in [3.63, 3.8) is 0 Å². The van der Waals surface area contributed by atoms with Crippen LogP contribution in [-0.2, 0) is 9.47 Å². The van der Waals surface area contributed by atoms with Crippen molar-refractivity contribution >= 4 is 0 Å². The lowest BCUT2D eigenvalue weighted by Gasteiger charge is -2.30. The van der Waals surface area contributed by atoms with Gasteiger partial charge in [0.2, 0.25) is 0 Å². The molecule has 1 unspecified atom stereocenters. The van der Waals surface area contributed by atoms with Gasteiger partial charge in [-0.1, -0.05) is 0 Å². The average molecular weight is 230 g/mol. The van der Waals surface area contributed by atoms with Crippen LogP contribution in [-0.4, -0.2) is 63.0 Å². The van der Waals surface area contributed by atoms with E-state index < -0.39 is 0 Å². The van der Waals surface area contributed by atoms with Gasteiger partial charge in [0.15, 0.2) is 0 Å². The number of ether oxygens (including phenoxy) is 2. The molecule has 1 atom stereocenters. The Morgan fingerprint density at radius 3 is 2.81 bits per heavy atom. The van der Waals surface area contributed by atoms with Crippen molar-refractivity contribution < 1.29 is 9.47 Å². The largest absolute Gasteiger partial charge is 0.375 e. The van der Waals surface area contributed by atoms with Gasteiger partial charge in [-0.2, -0.15) is 0 Å². The van der Waals surface area contributed by atoms with Crippen LogP contribution in [0.4, 0.5) is 0 Å². The minimum absolute atomic E-state index is 0.0385. The first kappa shape index (κ1) is 13.9. The molecule has 0 aromatic rings. The fourth-order valence-corrected chi connectivity index (χ4v) is 1.68. The van der Waals surface area contributed by atoms with Crippen molar-refractivity contribution in [3.05, 3.63) is 0 Å². The summed E-state index contributed by atoms with van der Waals surface area (Å²) in [7, 11) is 2.14. The summed E-state index contributed by atoms with van der Waals surface area (Å²) in [6.07, 6.45) is 0.327. The van der Waals surface area contributed by atoms with Crippen molar-refractivity contribution in [3.8, 4) is 0 Å². The molecule has 4 nitrogen and oxygen atoms in total. The molecule has 0 aromatic heterocycles. The fourth-order valence-electron chi connectivity index (χ4n) is 1.68. The number of hydrogen-bond donors (Lipinski definition) is 1. The highest BCUT2D eigenvalue weighted by molar-refractivity contribution is 4.71. The Morgan fingerprint density at radius 1 is 1.44 bits per heavy atom. The van der Waals surface area contributed by atoms with E-state index in [1.54, 1.807) is 0 Å². The average Bonchev–Trinajstić information content (AvgIpc) is 2.15. The molecule has 4 heteroatoms. The molecule has 96 valence electrons. The molecule has 1 heterocycles. The summed E-state index contributed by atoms with van der Waals surface area (Å²) in [5, 5.41) is 3.37. The maximum absolute atomic E-state index is 5.65. The van der Waals surface area contributed by atoms with Crippen LogP contribution in [0.25, 0.3) is 0 Å². The second-order valence-electron chi connectivity index (χ2n) is 5.42. The van der Waals surface area contributed by atoms with Crippen LogP contribution in [0.1, 0.15) is 20.8 Å². The lowest BCUT2D eigenvalue weighted by Crippen LogP contribution is -2.45. The summed E-state index contributed by atoms with van der Waals surface area (Å²) in [4.78, 5) is 2.31. The van der Waals surface area contributed by atoms with Crippen molar-refractivity contribution in [1.82, 2.24) is 10.2 Å². The summed E-state index contributed by atoms with van der Waals surface area (Å²) in [6, 6.07) is 0. The van der Waals surface area contributed by atoms with Crippen LogP contribution in [0.15, 0.2) is 0 Å². The first-order valence-electron chi connectivity index (χ1n) is 6.12. The molecule has 0 aromatic carbocycles. The van der Waals surface area contributed by atoms with Gasteiger partial charge < -0.3 is 19.7 Å². The smallest absolute Gasteiger partial charge is 0.0826 e. The molecule has 1 rings (SSSR count). The van der Waals surface area contributed by atoms with E-state index in [9.17, 15) is 0 Å². The van der Waals surface area contributed by atoms with Crippen molar-refractivity contribution in [2.24, 2.45) is 0 Å². The molecule has 1 saturated heterocycles. The van der Waals surface area contributed by atoms with Crippen LogP contribution in [0.2, 0.25) is 0 Å². The fraction of sp³-hybridized carbons (Fsp3) is 1.00. The number of morpholine rings is 1. The molecule has 0 bridgehead atoms. The van der Waals surface area contributed by atoms with Gasteiger partial charge in [0.25, 0.3) is 0 Å². The molecule has 16 heavy (non-hydrogen) atoms. The van der Waals surface area contributed by atoms with E-state index >= 15 is 0 Å². The van der Waals surface area contributed by atoms with E-state index in [1.165, 1.54) is 0 Å². The Hall–Kier alpha value is -0.160. The first-order chi connectivity index (χ1) is 7.47. The Bertz CT molecular complexity index is 192. The molecular weight excluding hydrogens is 204 g/mol. The Kier molecular flexibility index (Phi) is 5.69. The van der Waals surface area contributed by atoms with E-state index in [4.69, 9.17) is 9.47 Å². The maximum atomic E-state index is 5.65. The lowest BCUT2D eigenvalue weighted by atomic mass is 10.2. The maximum Gasteiger partial charge on any atom is 0.0826 e. The van der Waals surface area contributed by atoms with E-state index in [2.05, 4.69) is 38.0 Å². The summed E-state index contributed by atoms with van der Waals surface area (Å²) in [6.45, 7) is 11.7. The van der Waals surface area contributed by atoms with Gasteiger partial charge in [-0.25, -0.2) is 0 Å². The third-order valence-electron chi connectivity index (χ3n) is 2.53. The third-order valence-corrected chi connectivity index (χ3v) is 2.53. The van der Waals surface area contributed by atoms with Gasteiger partial charge in [-0.3, -0.25) is 0 Å². The third kappa shape index (κ3) is 6.43. The van der Waals surface area contributed by atoms with Crippen molar-refractivity contribution in [2.45, 2.75) is 32.5 Å². The van der Waals surface area contributed by atoms with Gasteiger partial charge in [-0.05, 0) is 27.8 Å². The van der Waals surface area contributed by atoms with Gasteiger partial charge in [0.05, 0.1) is 24.9 Å². The number of nitrogens with one attached hydrogen (secondary N) is 1. The van der Waals surface area contributed by atoms with Gasteiger partial charge in [0.1, 0.15) is 0 Å². The van der Waals surface area contributed by atoms with Crippen LogP contribution in [0.3, 0.4) is 0 Å². The second kappa shape index (κ2) is 6.55. The standard InChI is InChI=1S/C12H26N2O2/c1-12(2,3)16-7-5-13-9-11-10-14(4)6-8-15-11/h11,13H,5-10H2,1-4H3. The number of hydrogen-bond acceptors (Lipinski definition) is 4. The zero-order valence-corrected chi connectivity index (χ0v) is 11.1. The van der Waals surface area contributed by atoms with Crippen LogP contribution in [0.5, 0.6) is 0 Å². The summed E-state index contributed by atoms with van der Waals surface area (Å²) >= 11 is 0. The highest BCUT2D eigenvalue weighted by Crippen LogP contribution is 2.05. The number of nitrogens with zero attached hydrogens (tertiary/aromatic N) is 1. The Labute approximate surface area is 99.3 Å².